The molecule has 0 aromatic carbocycles. The third-order valence-corrected chi connectivity index (χ3v) is 1.33. The number of hydrogen-bond donors (Lipinski definition) is 0. The van der Waals surface area contributed by atoms with Gasteiger partial charge in [0.05, 0.1) is 0 Å². The summed E-state index contributed by atoms with van der Waals surface area (Å²) < 4.78 is 0. The Morgan fingerprint density at radius 2 is 1.67 bits per heavy atom. The van der Waals surface area contributed by atoms with Gasteiger partial charge in [0.2, 0.25) is 0 Å². The second-order valence-corrected chi connectivity index (χ2v) is 2.01. The number of nitrogens with zero attached hydrogens (tertiary/aromatic N) is 1. The molecule has 0 amide bonds. The van der Waals surface area contributed by atoms with Crippen molar-refractivity contribution < 1.29 is 0 Å². The summed E-state index contributed by atoms with van der Waals surface area (Å²) >= 11 is 0. The summed E-state index contributed by atoms with van der Waals surface area (Å²) in [6.45, 7) is 2.64. The van der Waals surface area contributed by atoms with E-state index in [0.29, 0.717) is 0 Å². The molecule has 0 N–H and O–H groups in total. The summed E-state index contributed by atoms with van der Waals surface area (Å²) in [5.74, 6) is 0. The van der Waals surface area contributed by atoms with E-state index in [4.69, 9.17) is 0 Å². The number of hydrogen-bond acceptors (Lipinski definition) is 1. The summed E-state index contributed by atoms with van der Waals surface area (Å²) in [6, 6.07) is 0. The van der Waals surface area contributed by atoms with Crippen molar-refractivity contribution in [1.82, 2.24) is 4.90 Å². The fourth-order valence-electron chi connectivity index (χ4n) is 0.875. The maximum atomic E-state index is 2.36. The summed E-state index contributed by atoms with van der Waals surface area (Å²) in [6.07, 6.45) is 2.83. The van der Waals surface area contributed by atoms with Gasteiger partial charge >= 0.3 is 0 Å². The van der Waals surface area contributed by atoms with Gasteiger partial charge in [-0.2, -0.15) is 4.90 Å². The number of rotatable bonds is 0. The molecule has 1 rings (SSSR count). The maximum Gasteiger partial charge on any atom is 0.122 e. The van der Waals surface area contributed by atoms with Crippen molar-refractivity contribution in [2.45, 2.75) is 12.8 Å². The highest BCUT2D eigenvalue weighted by Gasteiger charge is 2.13. The summed E-state index contributed by atoms with van der Waals surface area (Å²) in [4.78, 5) is 2.36. The first-order valence-corrected chi connectivity index (χ1v) is 2.58. The molecule has 1 aliphatic heterocycles. The molecule has 0 bridgehead atoms. The molecular weight excluding hydrogens is 74.1 g/mol. The number of likely N-dealkylation sites (tertiary alicyclic amines) is 1. The van der Waals surface area contributed by atoms with Crippen molar-refractivity contribution in [2.75, 3.05) is 20.1 Å². The zero-order chi connectivity index (χ0) is 4.41. The average molecular weight is 85.2 g/mol. The van der Waals surface area contributed by atoms with Crippen LogP contribution < -0.4 is 4.90 Å². The van der Waals surface area contributed by atoms with Crippen molar-refractivity contribution in [1.29, 1.82) is 0 Å². The lowest BCUT2D eigenvalue weighted by molar-refractivity contribution is 0.582. The summed E-state index contributed by atoms with van der Waals surface area (Å²) in [5, 5.41) is 0. The molecule has 1 fully saturated rings. The van der Waals surface area contributed by atoms with Crippen LogP contribution in [0.4, 0.5) is 0 Å². The Kier molecular flexibility index (Phi) is 1.10. The average Bonchev–Trinajstić information content (AvgIpc) is 1.86. The minimum atomic E-state index is 1.32. The molecule has 0 spiro atoms. The molecule has 35 valence electrons. The molecule has 1 saturated heterocycles. The Labute approximate surface area is 39.0 Å². The minimum absolute atomic E-state index is 1.32. The fraction of sp³-hybridized carbons (Fsp3) is 1.00. The minimum Gasteiger partial charge on any atom is -0.173 e. The van der Waals surface area contributed by atoms with E-state index in [9.17, 15) is 0 Å². The topological polar surface area (TPSA) is 5.90 Å². The highest BCUT2D eigenvalue weighted by atomic mass is 15.1. The van der Waals surface area contributed by atoms with Crippen LogP contribution in [0.5, 0.6) is 0 Å². The smallest absolute Gasteiger partial charge is 0.122 e. The van der Waals surface area contributed by atoms with Crippen molar-refractivity contribution in [3.63, 3.8) is 0 Å². The quantitative estimate of drug-likeness (QED) is 0.379. The van der Waals surface area contributed by atoms with Crippen LogP contribution in [0, 0.1) is 0 Å². The van der Waals surface area contributed by atoms with E-state index in [1.54, 1.807) is 0 Å². The lowest BCUT2D eigenvalue weighted by atomic mass is 10.4. The standard InChI is InChI=1S/C5H11N/c1-6-4-2-3-5-6/h2-5H2,1H3/q+1. The second-order valence-electron chi connectivity index (χ2n) is 2.01. The summed E-state index contributed by atoms with van der Waals surface area (Å²) in [5.41, 5.74) is 0. The lowest BCUT2D eigenvalue weighted by Gasteiger charge is -1.88. The predicted molar refractivity (Wildman–Crippen MR) is 27.0 cm³/mol. The van der Waals surface area contributed by atoms with Crippen LogP contribution in [0.25, 0.3) is 0 Å². The van der Waals surface area contributed by atoms with E-state index in [1.807, 2.05) is 0 Å². The molecule has 0 aliphatic carbocycles. The highest BCUT2D eigenvalue weighted by Crippen LogP contribution is 1.99. The van der Waals surface area contributed by atoms with Crippen LogP contribution >= 0.6 is 0 Å². The normalized spacial score (nSPS) is 25.5. The molecule has 1 heterocycles. The predicted octanol–water partition coefficient (Wildman–Crippen LogP) is 0.550. The van der Waals surface area contributed by atoms with Crippen LogP contribution in [0.1, 0.15) is 12.8 Å². The van der Waals surface area contributed by atoms with Crippen LogP contribution in [0.15, 0.2) is 0 Å². The first kappa shape index (κ1) is 4.13. The molecule has 0 aromatic rings. The van der Waals surface area contributed by atoms with E-state index in [1.165, 1.54) is 25.9 Å². The van der Waals surface area contributed by atoms with Gasteiger partial charge in [-0.25, -0.2) is 0 Å². The summed E-state index contributed by atoms with van der Waals surface area (Å²) in [7, 11) is 2.17. The van der Waals surface area contributed by atoms with Crippen LogP contribution in [0.3, 0.4) is 0 Å². The van der Waals surface area contributed by atoms with Crippen LogP contribution in [0.2, 0.25) is 0 Å². The molecule has 0 atom stereocenters. The Morgan fingerprint density at radius 1 is 1.17 bits per heavy atom. The molecule has 1 heteroatoms. The molecule has 1 nitrogen and oxygen atoms in total. The Balaban J connectivity index is 2.18. The third-order valence-electron chi connectivity index (χ3n) is 1.33. The molecule has 1 aliphatic rings. The Morgan fingerprint density at radius 3 is 1.83 bits per heavy atom. The molecule has 0 aromatic heterocycles. The van der Waals surface area contributed by atoms with E-state index >= 15 is 0 Å². The zero-order valence-corrected chi connectivity index (χ0v) is 4.28. The molecule has 1 radical (unpaired) electrons. The third kappa shape index (κ3) is 0.716. The Hall–Kier alpha value is -0.0400. The maximum absolute atomic E-state index is 2.36. The van der Waals surface area contributed by atoms with Gasteiger partial charge < -0.3 is 0 Å². The van der Waals surface area contributed by atoms with Gasteiger partial charge in [-0.3, -0.25) is 0 Å². The van der Waals surface area contributed by atoms with Gasteiger partial charge in [0.1, 0.15) is 20.1 Å². The second kappa shape index (κ2) is 1.61. The van der Waals surface area contributed by atoms with Gasteiger partial charge in [0.25, 0.3) is 0 Å². The fourth-order valence-corrected chi connectivity index (χ4v) is 0.875. The highest BCUT2D eigenvalue weighted by molar-refractivity contribution is 4.64. The van der Waals surface area contributed by atoms with Gasteiger partial charge in [-0.05, 0) is 0 Å². The zero-order valence-electron chi connectivity index (χ0n) is 4.28. The van der Waals surface area contributed by atoms with E-state index in [-0.39, 0.29) is 0 Å². The SMILES string of the molecule is C[N+]1CCCC1. The first-order valence-electron chi connectivity index (χ1n) is 2.58. The first-order chi connectivity index (χ1) is 2.89. The molecule has 0 saturated carbocycles. The van der Waals surface area contributed by atoms with E-state index in [2.05, 4.69) is 11.9 Å². The van der Waals surface area contributed by atoms with E-state index < -0.39 is 0 Å². The van der Waals surface area contributed by atoms with Gasteiger partial charge in [-0.1, -0.05) is 0 Å². The lowest BCUT2D eigenvalue weighted by Crippen LogP contribution is -2.18. The largest absolute Gasteiger partial charge is 0.173 e. The van der Waals surface area contributed by atoms with Gasteiger partial charge in [0.15, 0.2) is 0 Å². The molecule has 6 heavy (non-hydrogen) atoms. The van der Waals surface area contributed by atoms with Crippen molar-refractivity contribution >= 4 is 0 Å². The van der Waals surface area contributed by atoms with Crippen molar-refractivity contribution in [3.8, 4) is 0 Å². The van der Waals surface area contributed by atoms with E-state index in [0.717, 1.165) is 0 Å². The Bertz CT molecular complexity index is 37.2. The van der Waals surface area contributed by atoms with Crippen LogP contribution in [-0.2, 0) is 0 Å². The van der Waals surface area contributed by atoms with Crippen LogP contribution in [-0.4, -0.2) is 20.1 Å². The van der Waals surface area contributed by atoms with Crippen molar-refractivity contribution in [3.05, 3.63) is 0 Å². The molecular formula is C5H11N+. The monoisotopic (exact) mass is 85.1 g/mol. The van der Waals surface area contributed by atoms with Gasteiger partial charge in [-0.15, -0.1) is 0 Å². The van der Waals surface area contributed by atoms with Crippen molar-refractivity contribution in [2.24, 2.45) is 0 Å². The molecule has 0 unspecified atom stereocenters. The van der Waals surface area contributed by atoms with Gasteiger partial charge in [0, 0.05) is 12.8 Å².